The van der Waals surface area contributed by atoms with E-state index >= 15 is 0 Å². The van der Waals surface area contributed by atoms with Gasteiger partial charge in [-0.15, -0.1) is 0 Å². The fourth-order valence-corrected chi connectivity index (χ4v) is 3.80. The number of nitrogens with zero attached hydrogens (tertiary/aromatic N) is 1. The molecule has 3 rings (SSSR count). The molecule has 2 aromatic carbocycles. The van der Waals surface area contributed by atoms with Crippen molar-refractivity contribution in [3.05, 3.63) is 82.9 Å². The number of carbonyl (C=O) groups excluding carboxylic acids is 2. The average molecular weight is 432 g/mol. The molecule has 0 N–H and O–H groups in total. The van der Waals surface area contributed by atoms with Crippen LogP contribution in [0, 0.1) is 18.8 Å². The summed E-state index contributed by atoms with van der Waals surface area (Å²) in [5.41, 5.74) is 4.38. The van der Waals surface area contributed by atoms with Gasteiger partial charge in [0.2, 0.25) is 0 Å². The van der Waals surface area contributed by atoms with Crippen LogP contribution in [0.5, 0.6) is 0 Å². The van der Waals surface area contributed by atoms with Gasteiger partial charge in [-0.3, -0.25) is 9.79 Å². The molecule has 0 saturated heterocycles. The summed E-state index contributed by atoms with van der Waals surface area (Å²) in [7, 11) is 0. The number of rotatable bonds is 7. The van der Waals surface area contributed by atoms with E-state index in [1.54, 1.807) is 20.8 Å². The molecule has 1 aliphatic heterocycles. The van der Waals surface area contributed by atoms with Gasteiger partial charge < -0.3 is 9.47 Å². The zero-order chi connectivity index (χ0) is 23.1. The van der Waals surface area contributed by atoms with Gasteiger partial charge in [-0.2, -0.15) is 0 Å². The number of hydrogen-bond donors (Lipinski definition) is 0. The molecule has 5 nitrogen and oxygen atoms in total. The number of hydrogen-bond acceptors (Lipinski definition) is 5. The molecule has 0 bridgehead atoms. The molecule has 1 aliphatic rings. The van der Waals surface area contributed by atoms with E-state index in [1.165, 1.54) is 0 Å². The molecular formula is C27H29NO4. The lowest BCUT2D eigenvalue weighted by Crippen LogP contribution is -2.37. The molecule has 2 unspecified atom stereocenters. The van der Waals surface area contributed by atoms with Crippen LogP contribution >= 0.6 is 0 Å². The van der Waals surface area contributed by atoms with Crippen LogP contribution in [-0.4, -0.2) is 30.9 Å². The number of benzene rings is 2. The second kappa shape index (κ2) is 10.7. The molecular weight excluding hydrogens is 402 g/mol. The smallest absolute Gasteiger partial charge is 0.336 e. The predicted octanol–water partition coefficient (Wildman–Crippen LogP) is 5.25. The number of ether oxygens (including phenoxy) is 2. The maximum atomic E-state index is 13.2. The Bertz CT molecular complexity index is 1050. The topological polar surface area (TPSA) is 65.0 Å². The van der Waals surface area contributed by atoms with Crippen molar-refractivity contribution in [2.75, 3.05) is 13.2 Å². The molecule has 0 saturated carbocycles. The Morgan fingerprint density at radius 2 is 1.59 bits per heavy atom. The van der Waals surface area contributed by atoms with Crippen LogP contribution in [0.15, 0.2) is 71.2 Å². The molecule has 2 atom stereocenters. The van der Waals surface area contributed by atoms with E-state index < -0.39 is 23.8 Å². The summed E-state index contributed by atoms with van der Waals surface area (Å²) in [6.07, 6.45) is 3.80. The predicted molar refractivity (Wildman–Crippen MR) is 127 cm³/mol. The Morgan fingerprint density at radius 3 is 2.22 bits per heavy atom. The lowest BCUT2D eigenvalue weighted by atomic mass is 9.78. The fraction of sp³-hybridized carbons (Fsp3) is 0.296. The fourth-order valence-electron chi connectivity index (χ4n) is 3.80. The molecule has 2 aromatic rings. The number of esters is 2. The van der Waals surface area contributed by atoms with Gasteiger partial charge in [-0.25, -0.2) is 4.79 Å². The molecule has 5 heteroatoms. The van der Waals surface area contributed by atoms with Crippen LogP contribution in [0.2, 0.25) is 0 Å². The highest BCUT2D eigenvalue weighted by molar-refractivity contribution is 6.11. The number of carbonyl (C=O) groups is 2. The van der Waals surface area contributed by atoms with Gasteiger partial charge in [-0.1, -0.05) is 72.3 Å². The largest absolute Gasteiger partial charge is 0.465 e. The summed E-state index contributed by atoms with van der Waals surface area (Å²) in [5.74, 6) is -2.15. The van der Waals surface area contributed by atoms with Crippen molar-refractivity contribution in [2.45, 2.75) is 27.7 Å². The van der Waals surface area contributed by atoms with Gasteiger partial charge >= 0.3 is 11.9 Å². The van der Waals surface area contributed by atoms with Gasteiger partial charge in [0.05, 0.1) is 24.5 Å². The summed E-state index contributed by atoms with van der Waals surface area (Å²) >= 11 is 0. The number of aryl methyl sites for hydroxylation is 1. The summed E-state index contributed by atoms with van der Waals surface area (Å²) < 4.78 is 10.8. The van der Waals surface area contributed by atoms with Crippen LogP contribution in [0.25, 0.3) is 11.8 Å². The standard InChI is InChI=1S/C27H29NO4/c1-5-31-26(29)23-19(4)28-25(21-15-12-18(3)13-16-21)24(27(30)32-6-2)22(23)17-14-20-10-8-7-9-11-20/h7-17,22-23H,5-6H2,1-4H3/b17-14+. The molecule has 1 heterocycles. The van der Waals surface area contributed by atoms with E-state index in [1.807, 2.05) is 73.7 Å². The van der Waals surface area contributed by atoms with E-state index in [4.69, 9.17) is 14.5 Å². The monoisotopic (exact) mass is 431 g/mol. The third-order valence-corrected chi connectivity index (χ3v) is 5.34. The second-order valence-electron chi connectivity index (χ2n) is 7.63. The maximum Gasteiger partial charge on any atom is 0.336 e. The van der Waals surface area contributed by atoms with Crippen molar-refractivity contribution in [1.82, 2.24) is 0 Å². The Morgan fingerprint density at radius 1 is 0.938 bits per heavy atom. The zero-order valence-corrected chi connectivity index (χ0v) is 19.0. The van der Waals surface area contributed by atoms with E-state index in [9.17, 15) is 9.59 Å². The van der Waals surface area contributed by atoms with Crippen LogP contribution in [-0.2, 0) is 19.1 Å². The molecule has 166 valence electrons. The Labute approximate surface area is 189 Å². The van der Waals surface area contributed by atoms with E-state index in [2.05, 4.69) is 0 Å². The highest BCUT2D eigenvalue weighted by Gasteiger charge is 2.41. The highest BCUT2D eigenvalue weighted by Crippen LogP contribution is 2.38. The van der Waals surface area contributed by atoms with Crippen molar-refractivity contribution >= 4 is 29.4 Å². The summed E-state index contributed by atoms with van der Waals surface area (Å²) in [6.45, 7) is 7.82. The van der Waals surface area contributed by atoms with Crippen LogP contribution in [0.1, 0.15) is 37.5 Å². The normalized spacial score (nSPS) is 18.4. The number of allylic oxidation sites excluding steroid dienone is 1. The average Bonchev–Trinajstić information content (AvgIpc) is 2.78. The minimum absolute atomic E-state index is 0.228. The molecule has 0 amide bonds. The SMILES string of the molecule is CCOC(=O)C1=C(c2ccc(C)cc2)N=C(C)C(C(=O)OCC)C1/C=C/c1ccccc1. The van der Waals surface area contributed by atoms with Gasteiger partial charge in [-0.05, 0) is 33.3 Å². The Hall–Kier alpha value is -3.47. The Kier molecular flexibility index (Phi) is 7.77. The lowest BCUT2D eigenvalue weighted by Gasteiger charge is -2.30. The number of aliphatic imine (C=N–C) groups is 1. The first kappa shape index (κ1) is 23.2. The molecule has 0 fully saturated rings. The van der Waals surface area contributed by atoms with E-state index in [0.717, 1.165) is 16.7 Å². The molecule has 32 heavy (non-hydrogen) atoms. The van der Waals surface area contributed by atoms with Crippen molar-refractivity contribution in [1.29, 1.82) is 0 Å². The maximum absolute atomic E-state index is 13.2. The molecule has 0 aromatic heterocycles. The summed E-state index contributed by atoms with van der Waals surface area (Å²) in [4.78, 5) is 30.8. The minimum atomic E-state index is -0.705. The third kappa shape index (κ3) is 5.22. The van der Waals surface area contributed by atoms with Crippen molar-refractivity contribution in [3.63, 3.8) is 0 Å². The van der Waals surface area contributed by atoms with E-state index in [-0.39, 0.29) is 13.2 Å². The minimum Gasteiger partial charge on any atom is -0.465 e. The summed E-state index contributed by atoms with van der Waals surface area (Å²) in [5, 5.41) is 0. The first-order chi connectivity index (χ1) is 15.5. The molecule has 0 aliphatic carbocycles. The highest BCUT2D eigenvalue weighted by atomic mass is 16.5. The lowest BCUT2D eigenvalue weighted by molar-refractivity contribution is -0.146. The third-order valence-electron chi connectivity index (χ3n) is 5.34. The first-order valence-corrected chi connectivity index (χ1v) is 10.9. The zero-order valence-electron chi connectivity index (χ0n) is 19.0. The second-order valence-corrected chi connectivity index (χ2v) is 7.63. The molecule has 0 radical (unpaired) electrons. The quantitative estimate of drug-likeness (QED) is 0.562. The van der Waals surface area contributed by atoms with Gasteiger partial charge in [0.15, 0.2) is 0 Å². The van der Waals surface area contributed by atoms with Gasteiger partial charge in [0.25, 0.3) is 0 Å². The van der Waals surface area contributed by atoms with Crippen LogP contribution in [0.3, 0.4) is 0 Å². The van der Waals surface area contributed by atoms with Crippen molar-refractivity contribution in [2.24, 2.45) is 16.8 Å². The Balaban J connectivity index is 2.19. The van der Waals surface area contributed by atoms with Crippen molar-refractivity contribution < 1.29 is 19.1 Å². The molecule has 0 spiro atoms. The van der Waals surface area contributed by atoms with Gasteiger partial charge in [0.1, 0.15) is 5.92 Å². The summed E-state index contributed by atoms with van der Waals surface area (Å²) in [6, 6.07) is 17.6. The van der Waals surface area contributed by atoms with E-state index in [0.29, 0.717) is 17.0 Å². The first-order valence-electron chi connectivity index (χ1n) is 10.9. The van der Waals surface area contributed by atoms with Gasteiger partial charge in [0, 0.05) is 17.2 Å². The van der Waals surface area contributed by atoms with Crippen molar-refractivity contribution in [3.8, 4) is 0 Å². The van der Waals surface area contributed by atoms with Crippen LogP contribution < -0.4 is 0 Å². The van der Waals surface area contributed by atoms with Crippen LogP contribution in [0.4, 0.5) is 0 Å².